The van der Waals surface area contributed by atoms with Gasteiger partial charge in [0.05, 0.1) is 29.2 Å². The third-order valence-electron chi connectivity index (χ3n) is 2.30. The van der Waals surface area contributed by atoms with Gasteiger partial charge in [0.25, 0.3) is 0 Å². The fourth-order valence-electron chi connectivity index (χ4n) is 1.37. The highest BCUT2D eigenvalue weighted by Crippen LogP contribution is 2.36. The number of rotatable bonds is 3. The zero-order chi connectivity index (χ0) is 13.9. The van der Waals surface area contributed by atoms with E-state index >= 15 is 0 Å². The number of nitriles is 1. The smallest absolute Gasteiger partial charge is 0.389 e. The summed E-state index contributed by atoms with van der Waals surface area (Å²) in [7, 11) is 0. The maximum Gasteiger partial charge on any atom is 0.417 e. The maximum atomic E-state index is 12.6. The highest BCUT2D eigenvalue weighted by molar-refractivity contribution is 6.31. The Kier molecular flexibility index (Phi) is 4.57. The van der Waals surface area contributed by atoms with Crippen LogP contribution in [0.25, 0.3) is 0 Å². The minimum atomic E-state index is -4.65. The van der Waals surface area contributed by atoms with E-state index in [1.807, 2.05) is 0 Å². The molecule has 0 spiro atoms. The van der Waals surface area contributed by atoms with Gasteiger partial charge in [0.2, 0.25) is 0 Å². The summed E-state index contributed by atoms with van der Waals surface area (Å²) in [5.41, 5.74) is -1.24. The maximum absolute atomic E-state index is 12.6. The first-order valence-corrected chi connectivity index (χ1v) is 5.25. The van der Waals surface area contributed by atoms with Crippen molar-refractivity contribution in [2.45, 2.75) is 24.8 Å². The molecular weight excluding hydrogens is 271 g/mol. The van der Waals surface area contributed by atoms with Gasteiger partial charge >= 0.3 is 6.18 Å². The van der Waals surface area contributed by atoms with E-state index in [4.69, 9.17) is 16.9 Å². The zero-order valence-electron chi connectivity index (χ0n) is 8.95. The van der Waals surface area contributed by atoms with Gasteiger partial charge in [-0.1, -0.05) is 17.7 Å². The predicted octanol–water partition coefficient (Wildman–Crippen LogP) is 2.67. The van der Waals surface area contributed by atoms with Crippen molar-refractivity contribution in [3.8, 4) is 6.07 Å². The van der Waals surface area contributed by atoms with Crippen LogP contribution in [0.3, 0.4) is 0 Å². The van der Waals surface area contributed by atoms with Gasteiger partial charge in [-0.3, -0.25) is 0 Å². The minimum Gasteiger partial charge on any atom is -0.389 e. The topological polar surface area (TPSA) is 64.2 Å². The van der Waals surface area contributed by atoms with E-state index in [-0.39, 0.29) is 12.0 Å². The molecule has 0 aliphatic heterocycles. The molecule has 2 N–H and O–H groups in total. The van der Waals surface area contributed by atoms with E-state index in [0.29, 0.717) is 6.07 Å². The third-order valence-corrected chi connectivity index (χ3v) is 2.63. The summed E-state index contributed by atoms with van der Waals surface area (Å²) >= 11 is 5.41. The number of nitrogens with zero attached hydrogens (tertiary/aromatic N) is 1. The molecule has 0 aliphatic carbocycles. The van der Waals surface area contributed by atoms with Gasteiger partial charge in [-0.25, -0.2) is 0 Å². The molecule has 0 heterocycles. The number of hydrogen-bond acceptors (Lipinski definition) is 3. The molecule has 0 saturated heterocycles. The Labute approximate surface area is 106 Å². The first-order chi connectivity index (χ1) is 8.27. The van der Waals surface area contributed by atoms with E-state index < -0.39 is 29.0 Å². The molecule has 7 heteroatoms. The summed E-state index contributed by atoms with van der Waals surface area (Å²) in [6.07, 6.45) is -8.04. The number of aliphatic hydroxyl groups is 2. The van der Waals surface area contributed by atoms with Crippen LogP contribution in [0.1, 0.15) is 23.7 Å². The number of benzene rings is 1. The van der Waals surface area contributed by atoms with E-state index in [1.54, 1.807) is 6.07 Å². The van der Waals surface area contributed by atoms with Gasteiger partial charge in [-0.2, -0.15) is 18.4 Å². The summed E-state index contributed by atoms with van der Waals surface area (Å²) in [5.74, 6) is 0. The molecule has 0 fully saturated rings. The van der Waals surface area contributed by atoms with Crippen LogP contribution in [0.4, 0.5) is 13.2 Å². The van der Waals surface area contributed by atoms with Crippen LogP contribution in [0.2, 0.25) is 5.02 Å². The molecule has 2 unspecified atom stereocenters. The summed E-state index contributed by atoms with van der Waals surface area (Å²) in [4.78, 5) is 0. The van der Waals surface area contributed by atoms with Crippen molar-refractivity contribution in [1.82, 2.24) is 0 Å². The molecule has 0 aromatic heterocycles. The normalized spacial score (nSPS) is 14.9. The zero-order valence-corrected chi connectivity index (χ0v) is 9.70. The molecule has 0 bridgehead atoms. The van der Waals surface area contributed by atoms with Crippen molar-refractivity contribution in [3.63, 3.8) is 0 Å². The van der Waals surface area contributed by atoms with Gasteiger partial charge in [0, 0.05) is 0 Å². The number of alkyl halides is 3. The largest absolute Gasteiger partial charge is 0.417 e. The molecule has 3 nitrogen and oxygen atoms in total. The minimum absolute atomic E-state index is 0.144. The van der Waals surface area contributed by atoms with Crippen LogP contribution in [0, 0.1) is 11.3 Å². The molecule has 98 valence electrons. The molecule has 0 radical (unpaired) electrons. The highest BCUT2D eigenvalue weighted by atomic mass is 35.5. The Morgan fingerprint density at radius 3 is 2.44 bits per heavy atom. The lowest BCUT2D eigenvalue weighted by molar-refractivity contribution is -0.137. The van der Waals surface area contributed by atoms with Crippen LogP contribution in [0.15, 0.2) is 18.2 Å². The average Bonchev–Trinajstić information content (AvgIpc) is 2.27. The third kappa shape index (κ3) is 3.35. The summed E-state index contributed by atoms with van der Waals surface area (Å²) in [6.45, 7) is 0. The predicted molar refractivity (Wildman–Crippen MR) is 57.7 cm³/mol. The lowest BCUT2D eigenvalue weighted by Gasteiger charge is -2.17. The molecule has 1 aromatic carbocycles. The van der Waals surface area contributed by atoms with Gasteiger partial charge in [0.15, 0.2) is 0 Å². The van der Waals surface area contributed by atoms with E-state index in [0.717, 1.165) is 6.07 Å². The molecule has 0 amide bonds. The fourth-order valence-corrected chi connectivity index (χ4v) is 1.60. The Bertz CT molecular complexity index is 470. The second kappa shape index (κ2) is 5.57. The SMILES string of the molecule is N#CCC(O)C(O)c1ccc(Cl)c(C(F)(F)F)c1. The molecule has 0 saturated carbocycles. The van der Waals surface area contributed by atoms with Gasteiger partial charge in [-0.15, -0.1) is 0 Å². The van der Waals surface area contributed by atoms with Gasteiger partial charge in [-0.05, 0) is 17.7 Å². The van der Waals surface area contributed by atoms with Crippen LogP contribution < -0.4 is 0 Å². The highest BCUT2D eigenvalue weighted by Gasteiger charge is 2.34. The first-order valence-electron chi connectivity index (χ1n) is 4.87. The van der Waals surface area contributed by atoms with Crippen LogP contribution in [-0.4, -0.2) is 16.3 Å². The Balaban J connectivity index is 3.10. The van der Waals surface area contributed by atoms with Crippen molar-refractivity contribution in [3.05, 3.63) is 34.3 Å². The summed E-state index contributed by atoms with van der Waals surface area (Å²) < 4.78 is 37.7. The summed E-state index contributed by atoms with van der Waals surface area (Å²) in [6, 6.07) is 4.43. The molecule has 18 heavy (non-hydrogen) atoms. The Morgan fingerprint density at radius 2 is 1.94 bits per heavy atom. The first kappa shape index (κ1) is 14.8. The lowest BCUT2D eigenvalue weighted by Crippen LogP contribution is -2.18. The van der Waals surface area contributed by atoms with Crippen molar-refractivity contribution < 1.29 is 23.4 Å². The molecule has 2 atom stereocenters. The molecule has 1 aromatic rings. The van der Waals surface area contributed by atoms with E-state index in [9.17, 15) is 23.4 Å². The van der Waals surface area contributed by atoms with Crippen molar-refractivity contribution in [1.29, 1.82) is 5.26 Å². The lowest BCUT2D eigenvalue weighted by atomic mass is 10.0. The van der Waals surface area contributed by atoms with E-state index in [2.05, 4.69) is 0 Å². The quantitative estimate of drug-likeness (QED) is 0.894. The molecular formula is C11H9ClF3NO2. The Morgan fingerprint density at radius 1 is 1.33 bits per heavy atom. The van der Waals surface area contributed by atoms with Crippen LogP contribution >= 0.6 is 11.6 Å². The second-order valence-corrected chi connectivity index (χ2v) is 4.02. The molecule has 1 rings (SSSR count). The van der Waals surface area contributed by atoms with Crippen molar-refractivity contribution in [2.24, 2.45) is 0 Å². The molecule has 0 aliphatic rings. The summed E-state index contributed by atoms with van der Waals surface area (Å²) in [5, 5.41) is 26.8. The Hall–Kier alpha value is -1.29. The second-order valence-electron chi connectivity index (χ2n) is 3.61. The van der Waals surface area contributed by atoms with Crippen LogP contribution in [-0.2, 0) is 6.18 Å². The number of halogens is 4. The van der Waals surface area contributed by atoms with Crippen molar-refractivity contribution >= 4 is 11.6 Å². The number of aliphatic hydroxyl groups excluding tert-OH is 2. The fraction of sp³-hybridized carbons (Fsp3) is 0.364. The van der Waals surface area contributed by atoms with Crippen LogP contribution in [0.5, 0.6) is 0 Å². The standard InChI is InChI=1S/C11H9ClF3NO2/c12-8-2-1-6(5-7(8)11(13,14)15)10(18)9(17)3-4-16/h1-2,5,9-10,17-18H,3H2. The van der Waals surface area contributed by atoms with E-state index in [1.165, 1.54) is 6.07 Å². The van der Waals surface area contributed by atoms with Gasteiger partial charge in [0.1, 0.15) is 6.10 Å². The van der Waals surface area contributed by atoms with Gasteiger partial charge < -0.3 is 10.2 Å². The average molecular weight is 280 g/mol. The van der Waals surface area contributed by atoms with Crippen molar-refractivity contribution in [2.75, 3.05) is 0 Å². The number of hydrogen-bond donors (Lipinski definition) is 2. The monoisotopic (exact) mass is 279 g/mol.